The molecule has 0 bridgehead atoms. The molecule has 8 heteroatoms. The average Bonchev–Trinajstić information content (AvgIpc) is 3.12. The molecule has 1 aliphatic heterocycles. The number of piperidine rings is 1. The molecule has 1 aliphatic rings. The molecule has 2 amide bonds. The molecule has 2 heterocycles. The molecule has 0 unspecified atom stereocenters. The Hall–Kier alpha value is -1.67. The van der Waals surface area contributed by atoms with Crippen molar-refractivity contribution >= 4 is 40.5 Å². The number of carbonyl (C=O) groups is 2. The number of hydrazine groups is 1. The van der Waals surface area contributed by atoms with Crippen LogP contribution in [0.5, 0.6) is 0 Å². The summed E-state index contributed by atoms with van der Waals surface area (Å²) in [6, 6.07) is 4.11. The zero-order chi connectivity index (χ0) is 19.2. The number of likely N-dealkylation sites (tertiary alicyclic amines) is 1. The second-order valence-electron chi connectivity index (χ2n) is 7.52. The molecule has 144 valence electrons. The fourth-order valence-corrected chi connectivity index (χ4v) is 3.70. The molecule has 6 nitrogen and oxygen atoms in total. The van der Waals surface area contributed by atoms with Crippen molar-refractivity contribution in [2.24, 2.45) is 11.3 Å². The van der Waals surface area contributed by atoms with Crippen LogP contribution in [0.4, 0.5) is 0 Å². The fourth-order valence-electron chi connectivity index (χ4n) is 2.84. The highest BCUT2D eigenvalue weighted by atomic mass is 32.1. The summed E-state index contributed by atoms with van der Waals surface area (Å²) in [4.78, 5) is 27.7. The normalized spacial score (nSPS) is 15.4. The quantitative estimate of drug-likeness (QED) is 0.537. The first-order valence-corrected chi connectivity index (χ1v) is 10.2. The third-order valence-electron chi connectivity index (χ3n) is 4.33. The molecule has 1 aromatic rings. The zero-order valence-corrected chi connectivity index (χ0v) is 17.3. The topological polar surface area (TPSA) is 73.5 Å². The maximum atomic E-state index is 12.3. The highest BCUT2D eigenvalue weighted by Gasteiger charge is 2.32. The van der Waals surface area contributed by atoms with Crippen LogP contribution < -0.4 is 16.2 Å². The van der Waals surface area contributed by atoms with Gasteiger partial charge in [-0.2, -0.15) is 0 Å². The van der Waals surface area contributed by atoms with E-state index < -0.39 is 0 Å². The van der Waals surface area contributed by atoms with Gasteiger partial charge in [0, 0.05) is 35.8 Å². The Balaban J connectivity index is 1.64. The van der Waals surface area contributed by atoms with E-state index in [1.54, 1.807) is 11.3 Å². The van der Waals surface area contributed by atoms with Gasteiger partial charge in [-0.25, -0.2) is 0 Å². The van der Waals surface area contributed by atoms with E-state index in [-0.39, 0.29) is 23.1 Å². The molecule has 0 spiro atoms. The van der Waals surface area contributed by atoms with Gasteiger partial charge in [-0.15, -0.1) is 11.3 Å². The summed E-state index contributed by atoms with van der Waals surface area (Å²) >= 11 is 6.89. The Kier molecular flexibility index (Phi) is 7.40. The van der Waals surface area contributed by atoms with E-state index in [0.29, 0.717) is 31.0 Å². The van der Waals surface area contributed by atoms with Crippen molar-refractivity contribution in [3.63, 3.8) is 0 Å². The standard InChI is InChI=1S/C18H28N4O2S2/c1-18(2,3)16(24)22-10-7-13(8-11-22)15(23)20-21-17(25)19-9-6-14-5-4-12-26-14/h4-5,12-13H,6-11H2,1-3H3,(H,20,23)(H2,19,21,25). The molecule has 0 aliphatic carbocycles. The van der Waals surface area contributed by atoms with E-state index in [0.717, 1.165) is 13.0 Å². The van der Waals surface area contributed by atoms with Gasteiger partial charge < -0.3 is 10.2 Å². The number of nitrogens with zero attached hydrogens (tertiary/aromatic N) is 1. The Bertz CT molecular complexity index is 618. The van der Waals surface area contributed by atoms with Crippen LogP contribution in [0.2, 0.25) is 0 Å². The molecule has 0 atom stereocenters. The molecule has 1 fully saturated rings. The minimum Gasteiger partial charge on any atom is -0.361 e. The lowest BCUT2D eigenvalue weighted by atomic mass is 9.91. The average molecular weight is 397 g/mol. The summed E-state index contributed by atoms with van der Waals surface area (Å²) in [6.07, 6.45) is 2.25. The number of hydrogen-bond acceptors (Lipinski definition) is 4. The van der Waals surface area contributed by atoms with Crippen molar-refractivity contribution < 1.29 is 9.59 Å². The summed E-state index contributed by atoms with van der Waals surface area (Å²) < 4.78 is 0. The number of carbonyl (C=O) groups excluding carboxylic acids is 2. The van der Waals surface area contributed by atoms with Crippen molar-refractivity contribution in [1.29, 1.82) is 0 Å². The van der Waals surface area contributed by atoms with Gasteiger partial charge in [0.1, 0.15) is 0 Å². The van der Waals surface area contributed by atoms with Gasteiger partial charge >= 0.3 is 0 Å². The molecule has 0 saturated carbocycles. The van der Waals surface area contributed by atoms with Crippen molar-refractivity contribution in [2.75, 3.05) is 19.6 Å². The highest BCUT2D eigenvalue weighted by Crippen LogP contribution is 2.23. The number of thiocarbonyl (C=S) groups is 1. The van der Waals surface area contributed by atoms with Gasteiger partial charge in [-0.3, -0.25) is 20.4 Å². The maximum absolute atomic E-state index is 12.3. The Labute approximate surface area is 164 Å². The summed E-state index contributed by atoms with van der Waals surface area (Å²) in [6.45, 7) is 7.73. The molecule has 2 rings (SSSR count). The van der Waals surface area contributed by atoms with Gasteiger partial charge in [0.25, 0.3) is 0 Å². The van der Waals surface area contributed by atoms with Gasteiger partial charge in [0.2, 0.25) is 11.8 Å². The first-order chi connectivity index (χ1) is 12.3. The smallest absolute Gasteiger partial charge is 0.241 e. The maximum Gasteiger partial charge on any atom is 0.241 e. The van der Waals surface area contributed by atoms with Crippen LogP contribution in [0, 0.1) is 11.3 Å². The number of rotatable bonds is 4. The summed E-state index contributed by atoms with van der Waals surface area (Å²) in [5, 5.41) is 5.54. The highest BCUT2D eigenvalue weighted by molar-refractivity contribution is 7.80. The third-order valence-corrected chi connectivity index (χ3v) is 5.51. The molecule has 3 N–H and O–H groups in total. The van der Waals surface area contributed by atoms with Gasteiger partial charge in [0.05, 0.1) is 0 Å². The Morgan fingerprint density at radius 2 is 1.96 bits per heavy atom. The number of thiophene rings is 1. The van der Waals surface area contributed by atoms with Crippen LogP contribution in [-0.2, 0) is 16.0 Å². The summed E-state index contributed by atoms with van der Waals surface area (Å²) in [7, 11) is 0. The second kappa shape index (κ2) is 9.32. The van der Waals surface area contributed by atoms with Crippen molar-refractivity contribution in [2.45, 2.75) is 40.0 Å². The van der Waals surface area contributed by atoms with E-state index >= 15 is 0 Å². The first kappa shape index (κ1) is 20.6. The molecule has 26 heavy (non-hydrogen) atoms. The van der Waals surface area contributed by atoms with Crippen LogP contribution in [-0.4, -0.2) is 41.5 Å². The van der Waals surface area contributed by atoms with Crippen LogP contribution in [0.25, 0.3) is 0 Å². The third kappa shape index (κ3) is 6.25. The van der Waals surface area contributed by atoms with Gasteiger partial charge in [-0.1, -0.05) is 26.8 Å². The Morgan fingerprint density at radius 3 is 2.54 bits per heavy atom. The lowest BCUT2D eigenvalue weighted by Gasteiger charge is -2.35. The SMILES string of the molecule is CC(C)(C)C(=O)N1CCC(C(=O)NNC(=S)NCCc2cccs2)CC1. The largest absolute Gasteiger partial charge is 0.361 e. The van der Waals surface area contributed by atoms with Crippen LogP contribution in [0.1, 0.15) is 38.5 Å². The lowest BCUT2D eigenvalue weighted by molar-refractivity contribution is -0.142. The van der Waals surface area contributed by atoms with Gasteiger partial charge in [-0.05, 0) is 42.9 Å². The van der Waals surface area contributed by atoms with Crippen molar-refractivity contribution in [3.05, 3.63) is 22.4 Å². The van der Waals surface area contributed by atoms with E-state index in [4.69, 9.17) is 12.2 Å². The number of hydrogen-bond donors (Lipinski definition) is 3. The molecular weight excluding hydrogens is 368 g/mol. The van der Waals surface area contributed by atoms with Crippen LogP contribution >= 0.6 is 23.6 Å². The summed E-state index contributed by atoms with van der Waals surface area (Å²) in [5.74, 6) is -0.0266. The van der Waals surface area contributed by atoms with Crippen molar-refractivity contribution in [1.82, 2.24) is 21.1 Å². The van der Waals surface area contributed by atoms with Crippen LogP contribution in [0.15, 0.2) is 17.5 Å². The van der Waals surface area contributed by atoms with Gasteiger partial charge in [0.15, 0.2) is 5.11 Å². The predicted molar refractivity (Wildman–Crippen MR) is 109 cm³/mol. The van der Waals surface area contributed by atoms with Crippen molar-refractivity contribution in [3.8, 4) is 0 Å². The molecule has 1 aromatic heterocycles. The van der Waals surface area contributed by atoms with E-state index in [2.05, 4.69) is 22.2 Å². The predicted octanol–water partition coefficient (Wildman–Crippen LogP) is 2.07. The molecule has 1 saturated heterocycles. The number of nitrogens with one attached hydrogen (secondary N) is 3. The molecular formula is C18H28N4O2S2. The Morgan fingerprint density at radius 1 is 1.27 bits per heavy atom. The zero-order valence-electron chi connectivity index (χ0n) is 15.6. The monoisotopic (exact) mass is 396 g/mol. The number of amides is 2. The van der Waals surface area contributed by atoms with E-state index in [1.165, 1.54) is 4.88 Å². The second-order valence-corrected chi connectivity index (χ2v) is 8.96. The molecule has 0 radical (unpaired) electrons. The van der Waals surface area contributed by atoms with E-state index in [1.807, 2.05) is 37.1 Å². The summed E-state index contributed by atoms with van der Waals surface area (Å²) in [5.41, 5.74) is 5.06. The van der Waals surface area contributed by atoms with Crippen LogP contribution in [0.3, 0.4) is 0 Å². The lowest BCUT2D eigenvalue weighted by Crippen LogP contribution is -2.51. The fraction of sp³-hybridized carbons (Fsp3) is 0.611. The minimum atomic E-state index is -0.377. The first-order valence-electron chi connectivity index (χ1n) is 8.93. The minimum absolute atomic E-state index is 0.0738. The molecule has 0 aromatic carbocycles. The van der Waals surface area contributed by atoms with E-state index in [9.17, 15) is 9.59 Å².